The van der Waals surface area contributed by atoms with E-state index in [2.05, 4.69) is 56.4 Å². The van der Waals surface area contributed by atoms with E-state index in [-0.39, 0.29) is 5.91 Å². The van der Waals surface area contributed by atoms with Crippen LogP contribution in [0.3, 0.4) is 0 Å². The Hall–Kier alpha value is -2.71. The van der Waals surface area contributed by atoms with Crippen molar-refractivity contribution in [1.29, 1.82) is 0 Å². The second-order valence-corrected chi connectivity index (χ2v) is 9.03. The summed E-state index contributed by atoms with van der Waals surface area (Å²) in [6.07, 6.45) is 2.92. The van der Waals surface area contributed by atoms with Gasteiger partial charge in [-0.1, -0.05) is 17.3 Å². The van der Waals surface area contributed by atoms with Gasteiger partial charge in [0.2, 0.25) is 17.6 Å². The maximum absolute atomic E-state index is 12.1. The molecule has 1 aromatic carbocycles. The fourth-order valence-electron chi connectivity index (χ4n) is 3.92. The molecule has 0 aliphatic carbocycles. The first-order valence-electron chi connectivity index (χ1n) is 11.3. The van der Waals surface area contributed by atoms with E-state index in [1.807, 2.05) is 16.8 Å². The fourth-order valence-corrected chi connectivity index (χ4v) is 4.55. The van der Waals surface area contributed by atoms with Crippen LogP contribution in [0.2, 0.25) is 0 Å². The number of amides is 1. The van der Waals surface area contributed by atoms with Gasteiger partial charge in [-0.15, -0.1) is 0 Å². The van der Waals surface area contributed by atoms with Gasteiger partial charge in [0.15, 0.2) is 0 Å². The number of nitrogens with one attached hydrogen (secondary N) is 1. The van der Waals surface area contributed by atoms with Gasteiger partial charge >= 0.3 is 0 Å². The van der Waals surface area contributed by atoms with Gasteiger partial charge in [-0.25, -0.2) is 0 Å². The summed E-state index contributed by atoms with van der Waals surface area (Å²) >= 11 is 1.59. The Kier molecular flexibility index (Phi) is 7.90. The zero-order chi connectivity index (χ0) is 22.2. The van der Waals surface area contributed by atoms with Crippen molar-refractivity contribution in [3.05, 3.63) is 52.5 Å². The first kappa shape index (κ1) is 22.5. The first-order chi connectivity index (χ1) is 15.7. The average Bonchev–Trinajstić information content (AvgIpc) is 3.50. The summed E-state index contributed by atoms with van der Waals surface area (Å²) in [5, 5.41) is 10.9. The first-order valence-corrected chi connectivity index (χ1v) is 12.3. The second-order valence-electron chi connectivity index (χ2n) is 8.25. The molecule has 3 aromatic rings. The van der Waals surface area contributed by atoms with Crippen molar-refractivity contribution in [2.24, 2.45) is 0 Å². The third-order valence-corrected chi connectivity index (χ3v) is 6.46. The zero-order valence-corrected chi connectivity index (χ0v) is 19.4. The molecule has 0 saturated carbocycles. The standard InChI is InChI=1S/C24H31N5O2S/c1-19-5-4-6-21(17-19)29-14-12-28(13-15-29)11-3-2-10-25-22(30)7-8-23-26-24(27-31-23)20-9-16-32-18-20/h4-6,9,16-18H,2-3,7-8,10-15H2,1H3,(H,25,30). The maximum Gasteiger partial charge on any atom is 0.227 e. The highest BCUT2D eigenvalue weighted by Crippen LogP contribution is 2.19. The molecule has 1 fully saturated rings. The van der Waals surface area contributed by atoms with E-state index in [0.29, 0.717) is 31.1 Å². The van der Waals surface area contributed by atoms with Crippen molar-refractivity contribution in [3.63, 3.8) is 0 Å². The molecular formula is C24H31N5O2S. The van der Waals surface area contributed by atoms with E-state index in [4.69, 9.17) is 4.52 Å². The number of unbranched alkanes of at least 4 members (excludes halogenated alkanes) is 1. The molecule has 1 aliphatic heterocycles. The quantitative estimate of drug-likeness (QED) is 0.471. The molecule has 3 heterocycles. The van der Waals surface area contributed by atoms with Crippen LogP contribution < -0.4 is 10.2 Å². The van der Waals surface area contributed by atoms with Gasteiger partial charge in [0.1, 0.15) is 0 Å². The van der Waals surface area contributed by atoms with Crippen molar-refractivity contribution in [2.75, 3.05) is 44.2 Å². The van der Waals surface area contributed by atoms with Crippen molar-refractivity contribution in [3.8, 4) is 11.4 Å². The third-order valence-electron chi connectivity index (χ3n) is 5.78. The lowest BCUT2D eigenvalue weighted by Gasteiger charge is -2.36. The van der Waals surface area contributed by atoms with Gasteiger partial charge in [-0.3, -0.25) is 9.69 Å². The lowest BCUT2D eigenvalue weighted by Crippen LogP contribution is -2.46. The topological polar surface area (TPSA) is 74.5 Å². The molecule has 1 aliphatic rings. The minimum atomic E-state index is 0.0343. The molecule has 2 aromatic heterocycles. The Morgan fingerprint density at radius 2 is 2.06 bits per heavy atom. The molecule has 1 saturated heterocycles. The molecule has 1 N–H and O–H groups in total. The Balaban J connectivity index is 1.06. The van der Waals surface area contributed by atoms with Gasteiger partial charge < -0.3 is 14.7 Å². The summed E-state index contributed by atoms with van der Waals surface area (Å²) < 4.78 is 5.25. The van der Waals surface area contributed by atoms with Crippen LogP contribution in [-0.2, 0) is 11.2 Å². The van der Waals surface area contributed by atoms with Crippen LogP contribution in [-0.4, -0.2) is 60.2 Å². The number of carbonyl (C=O) groups is 1. The Labute approximate surface area is 193 Å². The number of hydrogen-bond acceptors (Lipinski definition) is 7. The predicted molar refractivity (Wildman–Crippen MR) is 128 cm³/mol. The van der Waals surface area contributed by atoms with E-state index in [1.165, 1.54) is 11.3 Å². The average molecular weight is 454 g/mol. The number of carbonyl (C=O) groups excluding carboxylic acids is 1. The van der Waals surface area contributed by atoms with E-state index in [9.17, 15) is 4.79 Å². The van der Waals surface area contributed by atoms with E-state index < -0.39 is 0 Å². The summed E-state index contributed by atoms with van der Waals surface area (Å²) in [6.45, 7) is 8.28. The minimum absolute atomic E-state index is 0.0343. The smallest absolute Gasteiger partial charge is 0.227 e. The lowest BCUT2D eigenvalue weighted by atomic mass is 10.2. The largest absolute Gasteiger partial charge is 0.369 e. The van der Waals surface area contributed by atoms with Crippen molar-refractivity contribution in [1.82, 2.24) is 20.4 Å². The number of piperazine rings is 1. The summed E-state index contributed by atoms with van der Waals surface area (Å²) in [6, 6.07) is 10.7. The molecule has 0 atom stereocenters. The molecular weight excluding hydrogens is 422 g/mol. The summed E-state index contributed by atoms with van der Waals surface area (Å²) in [5.41, 5.74) is 3.59. The van der Waals surface area contributed by atoms with E-state index in [0.717, 1.165) is 51.1 Å². The molecule has 0 unspecified atom stereocenters. The third kappa shape index (κ3) is 6.40. The van der Waals surface area contributed by atoms with Crippen LogP contribution in [0.4, 0.5) is 5.69 Å². The summed E-state index contributed by atoms with van der Waals surface area (Å²) in [7, 11) is 0. The number of rotatable bonds is 10. The van der Waals surface area contributed by atoms with Crippen LogP contribution in [0.5, 0.6) is 0 Å². The molecule has 1 amide bonds. The van der Waals surface area contributed by atoms with Gasteiger partial charge in [-0.2, -0.15) is 16.3 Å². The monoisotopic (exact) mass is 453 g/mol. The number of hydrogen-bond donors (Lipinski definition) is 1. The highest BCUT2D eigenvalue weighted by Gasteiger charge is 2.17. The van der Waals surface area contributed by atoms with Gasteiger partial charge in [0.05, 0.1) is 0 Å². The van der Waals surface area contributed by atoms with Gasteiger partial charge in [0.25, 0.3) is 0 Å². The lowest BCUT2D eigenvalue weighted by molar-refractivity contribution is -0.121. The number of aromatic nitrogens is 2. The number of aryl methyl sites for hydroxylation is 2. The molecule has 0 radical (unpaired) electrons. The zero-order valence-electron chi connectivity index (χ0n) is 18.6. The molecule has 170 valence electrons. The van der Waals surface area contributed by atoms with E-state index >= 15 is 0 Å². The predicted octanol–water partition coefficient (Wildman–Crippen LogP) is 3.76. The number of thiophene rings is 1. The molecule has 0 bridgehead atoms. The SMILES string of the molecule is Cc1cccc(N2CCN(CCCCNC(=O)CCc3nc(-c4ccsc4)no3)CC2)c1. The Morgan fingerprint density at radius 3 is 2.84 bits per heavy atom. The number of anilines is 1. The van der Waals surface area contributed by atoms with Crippen LogP contribution in [0.25, 0.3) is 11.4 Å². The van der Waals surface area contributed by atoms with Crippen molar-refractivity contribution in [2.45, 2.75) is 32.6 Å². The number of nitrogens with zero attached hydrogens (tertiary/aromatic N) is 4. The molecule has 0 spiro atoms. The van der Waals surface area contributed by atoms with Crippen LogP contribution in [0, 0.1) is 6.92 Å². The molecule has 32 heavy (non-hydrogen) atoms. The Morgan fingerprint density at radius 1 is 1.19 bits per heavy atom. The second kappa shape index (κ2) is 11.2. The van der Waals surface area contributed by atoms with Crippen molar-refractivity contribution < 1.29 is 9.32 Å². The van der Waals surface area contributed by atoms with Gasteiger partial charge in [-0.05, 0) is 55.5 Å². The minimum Gasteiger partial charge on any atom is -0.369 e. The molecule has 8 heteroatoms. The van der Waals surface area contributed by atoms with Crippen molar-refractivity contribution >= 4 is 22.9 Å². The fraction of sp³-hybridized carbons (Fsp3) is 0.458. The highest BCUT2D eigenvalue weighted by molar-refractivity contribution is 7.08. The summed E-state index contributed by atoms with van der Waals surface area (Å²) in [4.78, 5) is 21.4. The number of benzene rings is 1. The maximum atomic E-state index is 12.1. The molecule has 7 nitrogen and oxygen atoms in total. The van der Waals surface area contributed by atoms with Crippen LogP contribution >= 0.6 is 11.3 Å². The normalized spacial score (nSPS) is 14.6. The highest BCUT2D eigenvalue weighted by atomic mass is 32.1. The summed E-state index contributed by atoms with van der Waals surface area (Å²) in [5.74, 6) is 1.12. The Bertz CT molecular complexity index is 980. The van der Waals surface area contributed by atoms with Gasteiger partial charge in [0, 0.05) is 62.2 Å². The van der Waals surface area contributed by atoms with Crippen LogP contribution in [0.15, 0.2) is 45.6 Å². The van der Waals surface area contributed by atoms with Crippen LogP contribution in [0.1, 0.15) is 30.7 Å². The van der Waals surface area contributed by atoms with E-state index in [1.54, 1.807) is 11.3 Å². The molecule has 4 rings (SSSR count).